The van der Waals surface area contributed by atoms with Crippen LogP contribution in [0.25, 0.3) is 0 Å². The van der Waals surface area contributed by atoms with Crippen LogP contribution in [0.15, 0.2) is 24.3 Å². The summed E-state index contributed by atoms with van der Waals surface area (Å²) in [4.78, 5) is 12.0. The summed E-state index contributed by atoms with van der Waals surface area (Å²) >= 11 is 0. The molecule has 0 fully saturated rings. The van der Waals surface area contributed by atoms with Crippen molar-refractivity contribution in [3.8, 4) is 0 Å². The number of carbonyl (C=O) groups excluding carboxylic acids is 1. The van der Waals surface area contributed by atoms with E-state index in [0.717, 1.165) is 18.4 Å². The molecule has 1 rings (SSSR count). The topological polar surface area (TPSA) is 17.1 Å². The average Bonchev–Trinajstić information content (AvgIpc) is 2.18. The van der Waals surface area contributed by atoms with Gasteiger partial charge in [0.15, 0.2) is 5.78 Å². The van der Waals surface area contributed by atoms with Crippen molar-refractivity contribution in [1.82, 2.24) is 0 Å². The molecule has 0 spiro atoms. The summed E-state index contributed by atoms with van der Waals surface area (Å²) in [6.07, 6.45) is 2.74. The molecule has 1 nitrogen and oxygen atoms in total. The van der Waals surface area contributed by atoms with Gasteiger partial charge >= 0.3 is 0 Å². The van der Waals surface area contributed by atoms with Crippen molar-refractivity contribution >= 4 is 5.78 Å². The third kappa shape index (κ3) is 3.50. The second-order valence-corrected chi connectivity index (χ2v) is 4.43. The molecule has 0 amide bonds. The molecule has 0 aliphatic rings. The van der Waals surface area contributed by atoms with Crippen LogP contribution in [0, 0.1) is 5.92 Å². The van der Waals surface area contributed by atoms with Gasteiger partial charge in [0.05, 0.1) is 0 Å². The van der Waals surface area contributed by atoms with Crippen LogP contribution in [-0.4, -0.2) is 5.78 Å². The lowest BCUT2D eigenvalue weighted by Gasteiger charge is -2.08. The average molecular weight is 204 g/mol. The van der Waals surface area contributed by atoms with E-state index in [4.69, 9.17) is 0 Å². The third-order valence-electron chi connectivity index (χ3n) is 2.43. The van der Waals surface area contributed by atoms with E-state index in [1.54, 1.807) is 0 Å². The SMILES string of the molecule is CCCc1ccccc1C(=O)CC(C)C. The molecule has 0 saturated heterocycles. The Balaban J connectivity index is 2.87. The van der Waals surface area contributed by atoms with Crippen LogP contribution >= 0.6 is 0 Å². The third-order valence-corrected chi connectivity index (χ3v) is 2.43. The van der Waals surface area contributed by atoms with Crippen LogP contribution in [-0.2, 0) is 6.42 Å². The molecule has 0 N–H and O–H groups in total. The minimum absolute atomic E-state index is 0.286. The van der Waals surface area contributed by atoms with Gasteiger partial charge in [0.2, 0.25) is 0 Å². The molecule has 0 heterocycles. The molecule has 0 unspecified atom stereocenters. The minimum Gasteiger partial charge on any atom is -0.294 e. The first-order chi connectivity index (χ1) is 7.15. The highest BCUT2D eigenvalue weighted by atomic mass is 16.1. The van der Waals surface area contributed by atoms with Crippen LogP contribution in [0.1, 0.15) is 49.5 Å². The number of hydrogen-bond acceptors (Lipinski definition) is 1. The first kappa shape index (κ1) is 12.0. The van der Waals surface area contributed by atoms with E-state index in [1.807, 2.05) is 18.2 Å². The van der Waals surface area contributed by atoms with Gasteiger partial charge in [-0.3, -0.25) is 4.79 Å². The van der Waals surface area contributed by atoms with Crippen LogP contribution in [0.5, 0.6) is 0 Å². The molecular formula is C14H20O. The van der Waals surface area contributed by atoms with Crippen LogP contribution < -0.4 is 0 Å². The first-order valence-electron chi connectivity index (χ1n) is 5.76. The fourth-order valence-electron chi connectivity index (χ4n) is 1.76. The summed E-state index contributed by atoms with van der Waals surface area (Å²) in [5.74, 6) is 0.723. The first-order valence-corrected chi connectivity index (χ1v) is 5.76. The highest BCUT2D eigenvalue weighted by Gasteiger charge is 2.11. The standard InChI is InChI=1S/C14H20O/c1-4-7-12-8-5-6-9-13(12)14(15)10-11(2)3/h5-6,8-9,11H,4,7,10H2,1-3H3. The van der Waals surface area contributed by atoms with Gasteiger partial charge in [-0.2, -0.15) is 0 Å². The number of carbonyl (C=O) groups is 1. The molecule has 82 valence electrons. The maximum Gasteiger partial charge on any atom is 0.163 e. The normalized spacial score (nSPS) is 10.7. The Labute approximate surface area is 92.5 Å². The Morgan fingerprint density at radius 1 is 1.27 bits per heavy atom. The van der Waals surface area contributed by atoms with Gasteiger partial charge in [-0.1, -0.05) is 51.5 Å². The maximum absolute atomic E-state index is 12.0. The largest absolute Gasteiger partial charge is 0.294 e. The van der Waals surface area contributed by atoms with Gasteiger partial charge in [0.25, 0.3) is 0 Å². The van der Waals surface area contributed by atoms with Crippen molar-refractivity contribution in [3.05, 3.63) is 35.4 Å². The lowest BCUT2D eigenvalue weighted by Crippen LogP contribution is -2.06. The molecule has 0 radical (unpaired) electrons. The van der Waals surface area contributed by atoms with Gasteiger partial charge < -0.3 is 0 Å². The molecule has 15 heavy (non-hydrogen) atoms. The zero-order valence-corrected chi connectivity index (χ0v) is 9.92. The van der Waals surface area contributed by atoms with Crippen LogP contribution in [0.2, 0.25) is 0 Å². The Kier molecular flexibility index (Phi) is 4.54. The Morgan fingerprint density at radius 2 is 1.93 bits per heavy atom. The van der Waals surface area contributed by atoms with Gasteiger partial charge in [0, 0.05) is 12.0 Å². The summed E-state index contributed by atoms with van der Waals surface area (Å²) in [6.45, 7) is 6.31. The maximum atomic E-state index is 12.0. The Morgan fingerprint density at radius 3 is 2.53 bits per heavy atom. The van der Waals surface area contributed by atoms with E-state index in [-0.39, 0.29) is 5.78 Å². The molecule has 0 atom stereocenters. The second-order valence-electron chi connectivity index (χ2n) is 4.43. The number of aryl methyl sites for hydroxylation is 1. The summed E-state index contributed by atoms with van der Waals surface area (Å²) < 4.78 is 0. The summed E-state index contributed by atoms with van der Waals surface area (Å²) in [6, 6.07) is 7.98. The van der Waals surface area contributed by atoms with Gasteiger partial charge in [0.1, 0.15) is 0 Å². The number of ketones is 1. The summed E-state index contributed by atoms with van der Waals surface area (Å²) in [5.41, 5.74) is 2.12. The molecule has 0 saturated carbocycles. The van der Waals surface area contributed by atoms with E-state index in [1.165, 1.54) is 5.56 Å². The molecule has 1 aromatic rings. The quantitative estimate of drug-likeness (QED) is 0.665. The van der Waals surface area contributed by atoms with Crippen molar-refractivity contribution in [2.45, 2.75) is 40.0 Å². The monoisotopic (exact) mass is 204 g/mol. The minimum atomic E-state index is 0.286. The fraction of sp³-hybridized carbons (Fsp3) is 0.500. The highest BCUT2D eigenvalue weighted by molar-refractivity contribution is 5.97. The van der Waals surface area contributed by atoms with Crippen LogP contribution in [0.3, 0.4) is 0 Å². The molecule has 0 bridgehead atoms. The number of rotatable bonds is 5. The van der Waals surface area contributed by atoms with E-state index >= 15 is 0 Å². The van der Waals surface area contributed by atoms with Gasteiger partial charge in [-0.15, -0.1) is 0 Å². The summed E-state index contributed by atoms with van der Waals surface area (Å²) in [7, 11) is 0. The smallest absolute Gasteiger partial charge is 0.163 e. The number of benzene rings is 1. The molecule has 1 aromatic carbocycles. The Bertz CT molecular complexity index is 326. The zero-order chi connectivity index (χ0) is 11.3. The predicted octanol–water partition coefficient (Wildman–Crippen LogP) is 3.87. The number of hydrogen-bond donors (Lipinski definition) is 0. The molecule has 0 aliphatic heterocycles. The van der Waals surface area contributed by atoms with Crippen molar-refractivity contribution in [2.75, 3.05) is 0 Å². The van der Waals surface area contributed by atoms with Crippen molar-refractivity contribution < 1.29 is 4.79 Å². The predicted molar refractivity (Wildman–Crippen MR) is 64.2 cm³/mol. The fourth-order valence-corrected chi connectivity index (χ4v) is 1.76. The van der Waals surface area contributed by atoms with Crippen LogP contribution in [0.4, 0.5) is 0 Å². The second kappa shape index (κ2) is 5.69. The lowest BCUT2D eigenvalue weighted by molar-refractivity contribution is 0.0967. The van der Waals surface area contributed by atoms with Gasteiger partial charge in [-0.05, 0) is 17.9 Å². The molecular weight excluding hydrogens is 184 g/mol. The Hall–Kier alpha value is -1.11. The van der Waals surface area contributed by atoms with Crippen molar-refractivity contribution in [2.24, 2.45) is 5.92 Å². The van der Waals surface area contributed by atoms with E-state index in [0.29, 0.717) is 12.3 Å². The lowest BCUT2D eigenvalue weighted by atomic mass is 9.95. The number of Topliss-reactive ketones (excluding diaryl/α,β-unsaturated/α-hetero) is 1. The summed E-state index contributed by atoms with van der Waals surface area (Å²) in [5, 5.41) is 0. The van der Waals surface area contributed by atoms with Crippen molar-refractivity contribution in [3.63, 3.8) is 0 Å². The van der Waals surface area contributed by atoms with E-state index < -0.39 is 0 Å². The highest BCUT2D eigenvalue weighted by Crippen LogP contribution is 2.15. The van der Waals surface area contributed by atoms with Gasteiger partial charge in [-0.25, -0.2) is 0 Å². The van der Waals surface area contributed by atoms with E-state index in [2.05, 4.69) is 26.8 Å². The van der Waals surface area contributed by atoms with E-state index in [9.17, 15) is 4.79 Å². The molecule has 0 aromatic heterocycles. The molecule has 1 heteroatoms. The molecule has 0 aliphatic carbocycles. The zero-order valence-electron chi connectivity index (χ0n) is 9.92. The van der Waals surface area contributed by atoms with Crippen molar-refractivity contribution in [1.29, 1.82) is 0 Å².